The molecule has 0 unspecified atom stereocenters. The fourth-order valence-electron chi connectivity index (χ4n) is 7.22. The van der Waals surface area contributed by atoms with E-state index >= 15 is 0 Å². The van der Waals surface area contributed by atoms with E-state index in [2.05, 4.69) is 35.1 Å². The number of hydrogen-bond donors (Lipinski definition) is 3. The van der Waals surface area contributed by atoms with Crippen molar-refractivity contribution in [2.45, 2.75) is 33.0 Å². The van der Waals surface area contributed by atoms with E-state index in [0.29, 0.717) is 83.8 Å². The summed E-state index contributed by atoms with van der Waals surface area (Å²) in [5.41, 5.74) is 3.06. The van der Waals surface area contributed by atoms with Gasteiger partial charge >= 0.3 is 0 Å². The van der Waals surface area contributed by atoms with Gasteiger partial charge < -0.3 is 30.1 Å². The van der Waals surface area contributed by atoms with Gasteiger partial charge in [0.2, 0.25) is 0 Å². The summed E-state index contributed by atoms with van der Waals surface area (Å²) in [6, 6.07) is 16.2. The summed E-state index contributed by atoms with van der Waals surface area (Å²) in [5.74, 6) is -0.936. The number of carbonyl (C=O) groups excluding carboxylic acids is 2. The Morgan fingerprint density at radius 1 is 0.769 bits per heavy atom. The molecule has 15 nitrogen and oxygen atoms in total. The molecule has 0 saturated carbocycles. The van der Waals surface area contributed by atoms with Crippen LogP contribution >= 0.6 is 45.9 Å². The van der Waals surface area contributed by atoms with Crippen LogP contribution in [0, 0.1) is 11.6 Å². The van der Waals surface area contributed by atoms with Crippen LogP contribution in [0.2, 0.25) is 10.0 Å². The second kappa shape index (κ2) is 22.8. The number of aliphatic hydroxyl groups is 2. The van der Waals surface area contributed by atoms with Gasteiger partial charge in [-0.3, -0.25) is 24.0 Å². The average Bonchev–Trinajstić information content (AvgIpc) is 4.00. The maximum Gasteiger partial charge on any atom is 0.256 e. The van der Waals surface area contributed by atoms with Crippen LogP contribution in [-0.4, -0.2) is 121 Å². The normalized spacial score (nSPS) is 14.9. The van der Waals surface area contributed by atoms with Gasteiger partial charge in [0.05, 0.1) is 45.8 Å². The maximum atomic E-state index is 14.2. The molecule has 2 aliphatic heterocycles. The number of nitrogens with one attached hydrogen (secondary N) is 1. The van der Waals surface area contributed by atoms with Crippen molar-refractivity contribution >= 4 is 74.5 Å². The molecule has 342 valence electrons. The summed E-state index contributed by atoms with van der Waals surface area (Å²) in [7, 11) is 1.62. The molecule has 2 fully saturated rings. The number of thiazole rings is 2. The van der Waals surface area contributed by atoms with E-state index < -0.39 is 11.6 Å². The smallest absolute Gasteiger partial charge is 0.256 e. The Kier molecular flexibility index (Phi) is 16.7. The third-order valence-corrected chi connectivity index (χ3v) is 12.6. The number of amides is 2. The molecule has 2 aliphatic rings. The molecule has 0 radical (unpaired) electrons. The van der Waals surface area contributed by atoms with E-state index in [0.717, 1.165) is 32.4 Å². The number of benzene rings is 2. The van der Waals surface area contributed by atoms with Crippen molar-refractivity contribution in [2.24, 2.45) is 4.99 Å². The first kappa shape index (κ1) is 47.7. The lowest BCUT2D eigenvalue weighted by Crippen LogP contribution is -2.48. The molecule has 2 saturated heterocycles. The van der Waals surface area contributed by atoms with E-state index in [1.54, 1.807) is 47.4 Å². The third-order valence-electron chi connectivity index (χ3n) is 10.5. The number of aromatic nitrogens is 4. The van der Waals surface area contributed by atoms with Gasteiger partial charge in [0, 0.05) is 95.7 Å². The van der Waals surface area contributed by atoms with Crippen molar-refractivity contribution in [3.05, 3.63) is 144 Å². The van der Waals surface area contributed by atoms with Crippen LogP contribution in [0.1, 0.15) is 43.2 Å². The van der Waals surface area contributed by atoms with Gasteiger partial charge in [-0.25, -0.2) is 28.7 Å². The molecule has 0 atom stereocenters. The average molecular weight is 968 g/mol. The lowest BCUT2D eigenvalue weighted by atomic mass is 10.1. The lowest BCUT2D eigenvalue weighted by Gasteiger charge is -2.34. The van der Waals surface area contributed by atoms with Crippen molar-refractivity contribution < 1.29 is 33.3 Å². The Labute approximate surface area is 391 Å². The standard InChI is InChI=1S/C23H25ClFN5O3S.C21H21ClFN5O2S/c1-33-15-30-9-10-34-23(30)27-20-12-16(14-31)11-17(26-20)13-28-5-7-29(8-6-28)22(32)18-3-2-4-19(24)21(18)25;22-17-3-1-2-16(19(17)23)20(30)28-7-5-27(6-8-28)12-15-10-14(13-29)11-18(25-15)26-21-24-4-9-31-21/h2-4,9-12,31H,5-8,13-15H2,1H3;1-4,9-11,29H,5-8,12-13H2,(H,24,25,26). The molecule has 65 heavy (non-hydrogen) atoms. The number of rotatable bonds is 13. The molecule has 6 aromatic rings. The monoisotopic (exact) mass is 966 g/mol. The second-order valence-electron chi connectivity index (χ2n) is 15.0. The number of halogens is 4. The first-order valence-electron chi connectivity index (χ1n) is 20.5. The van der Waals surface area contributed by atoms with Crippen LogP contribution in [0.3, 0.4) is 0 Å². The zero-order valence-electron chi connectivity index (χ0n) is 35.2. The van der Waals surface area contributed by atoms with Crippen molar-refractivity contribution in [3.8, 4) is 0 Å². The van der Waals surface area contributed by atoms with Gasteiger partial charge in [0.15, 0.2) is 27.4 Å². The largest absolute Gasteiger partial charge is 0.392 e. The van der Waals surface area contributed by atoms with E-state index in [-0.39, 0.29) is 46.2 Å². The SMILES string of the molecule is COCn1ccsc1=Nc1cc(CO)cc(CN2CCN(C(=O)c3cccc(Cl)c3F)CC2)n1.O=C(c1cccc(Cl)c1F)N1CCN(Cc2cc(CO)cc(Nc3nccs3)n2)CC1. The molecule has 0 bridgehead atoms. The summed E-state index contributed by atoms with van der Waals surface area (Å²) < 4.78 is 35.5. The number of ether oxygens (including phenoxy) is 1. The summed E-state index contributed by atoms with van der Waals surface area (Å²) in [4.78, 5) is 51.9. The van der Waals surface area contributed by atoms with Crippen LogP contribution in [0.4, 0.5) is 25.5 Å². The van der Waals surface area contributed by atoms with Crippen molar-refractivity contribution in [2.75, 3.05) is 64.8 Å². The lowest BCUT2D eigenvalue weighted by molar-refractivity contribution is 0.0615. The number of aliphatic hydroxyl groups excluding tert-OH is 2. The minimum absolute atomic E-state index is 0.00355. The van der Waals surface area contributed by atoms with Crippen molar-refractivity contribution in [1.82, 2.24) is 39.1 Å². The quantitative estimate of drug-likeness (QED) is 0.115. The van der Waals surface area contributed by atoms with Gasteiger partial charge in [0.25, 0.3) is 11.8 Å². The first-order chi connectivity index (χ1) is 31.5. The summed E-state index contributed by atoms with van der Waals surface area (Å²) in [5, 5.41) is 26.9. The van der Waals surface area contributed by atoms with Crippen LogP contribution in [0.15, 0.2) is 88.8 Å². The third kappa shape index (κ3) is 12.6. The van der Waals surface area contributed by atoms with Gasteiger partial charge in [-0.15, -0.1) is 22.7 Å². The van der Waals surface area contributed by atoms with Gasteiger partial charge in [0.1, 0.15) is 12.5 Å². The Hall–Kier alpha value is -5.22. The Morgan fingerprint density at radius 3 is 1.85 bits per heavy atom. The first-order valence-corrected chi connectivity index (χ1v) is 23.0. The molecule has 0 aliphatic carbocycles. The highest BCUT2D eigenvalue weighted by Gasteiger charge is 2.27. The zero-order valence-corrected chi connectivity index (χ0v) is 38.4. The van der Waals surface area contributed by atoms with E-state index in [1.807, 2.05) is 33.7 Å². The second-order valence-corrected chi connectivity index (χ2v) is 17.6. The van der Waals surface area contributed by atoms with Crippen LogP contribution in [0.5, 0.6) is 0 Å². The molecule has 2 aromatic carbocycles. The van der Waals surface area contributed by atoms with Crippen LogP contribution in [-0.2, 0) is 37.8 Å². The number of methoxy groups -OCH3 is 1. The molecule has 0 spiro atoms. The van der Waals surface area contributed by atoms with Gasteiger partial charge in [-0.1, -0.05) is 35.3 Å². The number of piperazine rings is 2. The number of anilines is 2. The van der Waals surface area contributed by atoms with Crippen LogP contribution in [0.25, 0.3) is 0 Å². The van der Waals surface area contributed by atoms with E-state index in [4.69, 9.17) is 27.9 Å². The summed E-state index contributed by atoms with van der Waals surface area (Å²) in [6.45, 7) is 5.70. The highest BCUT2D eigenvalue weighted by molar-refractivity contribution is 7.13. The number of carbonyl (C=O) groups is 2. The fraction of sp³-hybridized carbons (Fsp3) is 0.318. The molecular formula is C44H46Cl2F2N10O5S2. The highest BCUT2D eigenvalue weighted by atomic mass is 35.5. The predicted molar refractivity (Wildman–Crippen MR) is 245 cm³/mol. The molecule has 6 heterocycles. The molecular weight excluding hydrogens is 922 g/mol. The van der Waals surface area contributed by atoms with Crippen molar-refractivity contribution in [1.29, 1.82) is 0 Å². The summed E-state index contributed by atoms with van der Waals surface area (Å²) >= 11 is 14.6. The van der Waals surface area contributed by atoms with Gasteiger partial charge in [-0.2, -0.15) is 0 Å². The number of pyridine rings is 2. The molecule has 3 N–H and O–H groups in total. The van der Waals surface area contributed by atoms with Crippen LogP contribution < -0.4 is 10.1 Å². The van der Waals surface area contributed by atoms with Crippen molar-refractivity contribution in [3.63, 3.8) is 0 Å². The Bertz CT molecular complexity index is 2640. The Morgan fingerprint density at radius 2 is 1.32 bits per heavy atom. The predicted octanol–water partition coefficient (Wildman–Crippen LogP) is 6.55. The van der Waals surface area contributed by atoms with Gasteiger partial charge in [-0.05, 0) is 59.7 Å². The topological polar surface area (TPSA) is 165 Å². The van der Waals surface area contributed by atoms with E-state index in [1.165, 1.54) is 46.9 Å². The zero-order chi connectivity index (χ0) is 45.9. The highest BCUT2D eigenvalue weighted by Crippen LogP contribution is 2.24. The number of nitrogens with zero attached hydrogens (tertiary/aromatic N) is 9. The fourth-order valence-corrected chi connectivity index (χ4v) is 8.83. The minimum Gasteiger partial charge on any atom is -0.392 e. The Balaban J connectivity index is 0.000000195. The molecule has 21 heteroatoms. The number of hydrogen-bond acceptors (Lipinski definition) is 14. The molecule has 2 amide bonds. The molecule has 4 aromatic heterocycles. The summed E-state index contributed by atoms with van der Waals surface area (Å²) in [6.07, 6.45) is 3.60. The van der Waals surface area contributed by atoms with E-state index in [9.17, 15) is 28.6 Å². The minimum atomic E-state index is -0.685. The maximum absolute atomic E-state index is 14.2. The molecule has 8 rings (SSSR count).